The zero-order valence-electron chi connectivity index (χ0n) is 14.7. The van der Waals surface area contributed by atoms with E-state index in [0.717, 1.165) is 56.3 Å². The van der Waals surface area contributed by atoms with Gasteiger partial charge in [0, 0.05) is 38.1 Å². The number of amides is 3. The summed E-state index contributed by atoms with van der Waals surface area (Å²) in [6, 6.07) is 0. The fourth-order valence-electron chi connectivity index (χ4n) is 2.67. The SMILES string of the molecule is O=C(O)CCCCCCCCCCC(=O)NCCN1C(=O)C=CC1=O. The Kier molecular flexibility index (Phi) is 10.2. The summed E-state index contributed by atoms with van der Waals surface area (Å²) < 4.78 is 0. The van der Waals surface area contributed by atoms with Crippen LogP contribution in [0.3, 0.4) is 0 Å². The second-order valence-corrected chi connectivity index (χ2v) is 6.23. The van der Waals surface area contributed by atoms with Crippen molar-refractivity contribution in [3.63, 3.8) is 0 Å². The Balaban J connectivity index is 1.88. The molecule has 0 saturated carbocycles. The van der Waals surface area contributed by atoms with E-state index in [1.165, 1.54) is 12.2 Å². The minimum absolute atomic E-state index is 0.0549. The summed E-state index contributed by atoms with van der Waals surface area (Å²) in [7, 11) is 0. The van der Waals surface area contributed by atoms with Crippen molar-refractivity contribution in [2.24, 2.45) is 0 Å². The van der Waals surface area contributed by atoms with Gasteiger partial charge >= 0.3 is 5.97 Å². The van der Waals surface area contributed by atoms with Gasteiger partial charge in [0.15, 0.2) is 0 Å². The van der Waals surface area contributed by atoms with Crippen LogP contribution in [0.5, 0.6) is 0 Å². The van der Waals surface area contributed by atoms with Gasteiger partial charge in [-0.15, -0.1) is 0 Å². The minimum Gasteiger partial charge on any atom is -0.481 e. The Hall–Kier alpha value is -2.18. The van der Waals surface area contributed by atoms with Crippen LogP contribution < -0.4 is 5.32 Å². The summed E-state index contributed by atoms with van der Waals surface area (Å²) in [5.41, 5.74) is 0. The number of hydrogen-bond donors (Lipinski definition) is 2. The molecule has 0 aromatic heterocycles. The second kappa shape index (κ2) is 12.2. The number of nitrogens with one attached hydrogen (secondary N) is 1. The first-order valence-electron chi connectivity index (χ1n) is 9.02. The van der Waals surface area contributed by atoms with Gasteiger partial charge in [0.05, 0.1) is 0 Å². The number of carboxylic acids is 1. The molecule has 7 heteroatoms. The van der Waals surface area contributed by atoms with E-state index >= 15 is 0 Å². The highest BCUT2D eigenvalue weighted by Crippen LogP contribution is 2.10. The lowest BCUT2D eigenvalue weighted by molar-refractivity contribution is -0.138. The predicted octanol–water partition coefficient (Wildman–Crippen LogP) is 2.01. The van der Waals surface area contributed by atoms with Gasteiger partial charge in [-0.3, -0.25) is 24.1 Å². The fourth-order valence-corrected chi connectivity index (χ4v) is 2.67. The second-order valence-electron chi connectivity index (χ2n) is 6.23. The van der Waals surface area contributed by atoms with Crippen LogP contribution in [0.4, 0.5) is 0 Å². The van der Waals surface area contributed by atoms with Crippen molar-refractivity contribution in [2.45, 2.75) is 64.2 Å². The largest absolute Gasteiger partial charge is 0.481 e. The third-order valence-electron chi connectivity index (χ3n) is 4.10. The van der Waals surface area contributed by atoms with Gasteiger partial charge in [0.2, 0.25) is 5.91 Å². The molecule has 1 rings (SSSR count). The van der Waals surface area contributed by atoms with Crippen LogP contribution in [0, 0.1) is 0 Å². The zero-order chi connectivity index (χ0) is 18.5. The number of carbonyl (C=O) groups excluding carboxylic acids is 3. The summed E-state index contributed by atoms with van der Waals surface area (Å²) in [6.45, 7) is 0.493. The molecule has 7 nitrogen and oxygen atoms in total. The molecule has 0 bridgehead atoms. The molecule has 2 N–H and O–H groups in total. The van der Waals surface area contributed by atoms with E-state index in [1.54, 1.807) is 0 Å². The molecule has 0 aliphatic carbocycles. The maximum Gasteiger partial charge on any atom is 0.303 e. The molecule has 25 heavy (non-hydrogen) atoms. The molecule has 0 aromatic rings. The summed E-state index contributed by atoms with van der Waals surface area (Å²) in [4.78, 5) is 45.8. The van der Waals surface area contributed by atoms with Crippen molar-refractivity contribution >= 4 is 23.7 Å². The van der Waals surface area contributed by atoms with Crippen molar-refractivity contribution in [3.05, 3.63) is 12.2 Å². The van der Waals surface area contributed by atoms with Crippen LogP contribution in [0.25, 0.3) is 0 Å². The Morgan fingerprint density at radius 3 is 1.84 bits per heavy atom. The third-order valence-corrected chi connectivity index (χ3v) is 4.10. The number of hydrogen-bond acceptors (Lipinski definition) is 4. The van der Waals surface area contributed by atoms with Gasteiger partial charge in [-0.05, 0) is 12.8 Å². The minimum atomic E-state index is -0.728. The van der Waals surface area contributed by atoms with Gasteiger partial charge < -0.3 is 10.4 Å². The Labute approximate surface area is 148 Å². The van der Waals surface area contributed by atoms with E-state index < -0.39 is 5.97 Å². The van der Waals surface area contributed by atoms with Crippen molar-refractivity contribution in [1.82, 2.24) is 10.2 Å². The molecule has 0 saturated heterocycles. The monoisotopic (exact) mass is 352 g/mol. The Morgan fingerprint density at radius 2 is 1.32 bits per heavy atom. The maximum atomic E-state index is 11.7. The van der Waals surface area contributed by atoms with Crippen LogP contribution in [0.15, 0.2) is 12.2 Å². The number of unbranched alkanes of at least 4 members (excludes halogenated alkanes) is 7. The number of carbonyl (C=O) groups is 4. The molecule has 1 aliphatic heterocycles. The lowest BCUT2D eigenvalue weighted by Gasteiger charge is -2.13. The van der Waals surface area contributed by atoms with E-state index in [9.17, 15) is 19.2 Å². The molecule has 0 unspecified atom stereocenters. The molecule has 0 atom stereocenters. The number of rotatable bonds is 14. The highest BCUT2D eigenvalue weighted by molar-refractivity contribution is 6.12. The molecule has 1 aliphatic rings. The quantitative estimate of drug-likeness (QED) is 0.368. The average Bonchev–Trinajstić information content (AvgIpc) is 2.88. The normalized spacial score (nSPS) is 13.5. The first kappa shape index (κ1) is 20.9. The zero-order valence-corrected chi connectivity index (χ0v) is 14.7. The first-order valence-corrected chi connectivity index (χ1v) is 9.02. The smallest absolute Gasteiger partial charge is 0.303 e. The van der Waals surface area contributed by atoms with Crippen LogP contribution >= 0.6 is 0 Å². The number of imide groups is 1. The Bertz CT molecular complexity index is 484. The van der Waals surface area contributed by atoms with Crippen LogP contribution in [-0.4, -0.2) is 46.8 Å². The van der Waals surface area contributed by atoms with Gasteiger partial charge in [0.1, 0.15) is 0 Å². The first-order chi connectivity index (χ1) is 12.0. The molecule has 140 valence electrons. The van der Waals surface area contributed by atoms with Gasteiger partial charge in [0.25, 0.3) is 11.8 Å². The highest BCUT2D eigenvalue weighted by atomic mass is 16.4. The summed E-state index contributed by atoms with van der Waals surface area (Å²) in [5.74, 6) is -1.45. The molecule has 0 fully saturated rings. The van der Waals surface area contributed by atoms with E-state index in [0.29, 0.717) is 6.42 Å². The standard InChI is InChI=1S/C18H28N2O5/c21-15(19-13-14-20-16(22)11-12-17(20)23)9-7-5-3-1-2-4-6-8-10-18(24)25/h11-12H,1-10,13-14H2,(H,19,21)(H,24,25). The summed E-state index contributed by atoms with van der Waals surface area (Å²) in [6.07, 6.45) is 11.1. The molecule has 3 amide bonds. The highest BCUT2D eigenvalue weighted by Gasteiger charge is 2.22. The lowest BCUT2D eigenvalue weighted by atomic mass is 10.1. The fraction of sp³-hybridized carbons (Fsp3) is 0.667. The number of aliphatic carboxylic acids is 1. The summed E-state index contributed by atoms with van der Waals surface area (Å²) >= 11 is 0. The van der Waals surface area contributed by atoms with Crippen molar-refractivity contribution in [3.8, 4) is 0 Å². The third kappa shape index (κ3) is 9.64. The molecular formula is C18H28N2O5. The molecular weight excluding hydrogens is 324 g/mol. The lowest BCUT2D eigenvalue weighted by Crippen LogP contribution is -2.38. The van der Waals surface area contributed by atoms with E-state index in [-0.39, 0.29) is 37.2 Å². The van der Waals surface area contributed by atoms with Crippen molar-refractivity contribution < 1.29 is 24.3 Å². The topological polar surface area (TPSA) is 104 Å². The van der Waals surface area contributed by atoms with E-state index in [1.807, 2.05) is 0 Å². The predicted molar refractivity (Wildman–Crippen MR) is 92.7 cm³/mol. The average molecular weight is 352 g/mol. The van der Waals surface area contributed by atoms with E-state index in [4.69, 9.17) is 5.11 Å². The van der Waals surface area contributed by atoms with Crippen LogP contribution in [-0.2, 0) is 19.2 Å². The van der Waals surface area contributed by atoms with E-state index in [2.05, 4.69) is 5.32 Å². The molecule has 0 spiro atoms. The van der Waals surface area contributed by atoms with Crippen molar-refractivity contribution in [2.75, 3.05) is 13.1 Å². The molecule has 1 heterocycles. The molecule has 0 radical (unpaired) electrons. The van der Waals surface area contributed by atoms with Crippen LogP contribution in [0.1, 0.15) is 64.2 Å². The summed E-state index contributed by atoms with van der Waals surface area (Å²) in [5, 5.41) is 11.2. The van der Waals surface area contributed by atoms with Gasteiger partial charge in [-0.2, -0.15) is 0 Å². The van der Waals surface area contributed by atoms with Crippen molar-refractivity contribution in [1.29, 1.82) is 0 Å². The van der Waals surface area contributed by atoms with Crippen LogP contribution in [0.2, 0.25) is 0 Å². The van der Waals surface area contributed by atoms with Gasteiger partial charge in [-0.1, -0.05) is 38.5 Å². The van der Waals surface area contributed by atoms with Gasteiger partial charge in [-0.25, -0.2) is 0 Å². The molecule has 0 aromatic carbocycles. The number of nitrogens with zero attached hydrogens (tertiary/aromatic N) is 1. The number of carboxylic acid groups (broad SMARTS) is 1. The Morgan fingerprint density at radius 1 is 0.840 bits per heavy atom. The maximum absolute atomic E-state index is 11.7.